The summed E-state index contributed by atoms with van der Waals surface area (Å²) in [6, 6.07) is 0. The molecule has 1 aliphatic heterocycles. The van der Waals surface area contributed by atoms with Crippen molar-refractivity contribution in [2.24, 2.45) is 0 Å². The Morgan fingerprint density at radius 1 is 1.31 bits per heavy atom. The van der Waals surface area contributed by atoms with E-state index in [1.165, 1.54) is 18.4 Å². The van der Waals surface area contributed by atoms with Crippen molar-refractivity contribution in [3.8, 4) is 0 Å². The van der Waals surface area contributed by atoms with Crippen molar-refractivity contribution in [1.82, 2.24) is 4.90 Å². The van der Waals surface area contributed by atoms with E-state index in [1.807, 2.05) is 0 Å². The molecule has 0 aromatic carbocycles. The van der Waals surface area contributed by atoms with Crippen LogP contribution < -0.4 is 0 Å². The normalized spacial score (nSPS) is 14.2. The number of nitrogens with zero attached hydrogens (tertiary/aromatic N) is 1. The monoisotopic (exact) mass is 239 g/mol. The average molecular weight is 239 g/mol. The van der Waals surface area contributed by atoms with E-state index < -0.39 is 5.97 Å². The van der Waals surface area contributed by atoms with Crippen molar-refractivity contribution in [3.63, 3.8) is 0 Å². The van der Waals surface area contributed by atoms with Crippen molar-refractivity contribution >= 4 is 29.1 Å². The second-order valence-electron chi connectivity index (χ2n) is 3.29. The van der Waals surface area contributed by atoms with Gasteiger partial charge in [0.05, 0.1) is 24.7 Å². The molecule has 16 heavy (non-hydrogen) atoms. The molecule has 0 bridgehead atoms. The van der Waals surface area contributed by atoms with Gasteiger partial charge in [0.25, 0.3) is 11.8 Å². The fraction of sp³-hybridized carbons (Fsp3) is 0.300. The van der Waals surface area contributed by atoms with Gasteiger partial charge in [-0.15, -0.1) is 0 Å². The lowest BCUT2D eigenvalue weighted by Gasteiger charge is -2.12. The molecule has 0 atom stereocenters. The minimum Gasteiger partial charge on any atom is -0.469 e. The molecule has 2 heterocycles. The molecule has 2 rings (SSSR count). The zero-order chi connectivity index (χ0) is 11.7. The molecule has 0 unspecified atom stereocenters. The number of fused-ring (bicyclic) bond motifs is 1. The molecule has 0 spiro atoms. The Morgan fingerprint density at radius 2 is 1.88 bits per heavy atom. The van der Waals surface area contributed by atoms with Crippen molar-refractivity contribution < 1.29 is 19.1 Å². The highest BCUT2D eigenvalue weighted by molar-refractivity contribution is 7.08. The summed E-state index contributed by atoms with van der Waals surface area (Å²) >= 11 is 1.32. The number of esters is 1. The van der Waals surface area contributed by atoms with Crippen molar-refractivity contribution in [2.45, 2.75) is 6.42 Å². The number of carbonyl (C=O) groups is 3. The van der Waals surface area contributed by atoms with E-state index in [0.29, 0.717) is 11.1 Å². The van der Waals surface area contributed by atoms with Crippen LogP contribution in [0, 0.1) is 0 Å². The topological polar surface area (TPSA) is 63.7 Å². The van der Waals surface area contributed by atoms with Gasteiger partial charge in [0, 0.05) is 17.3 Å². The Bertz CT molecular complexity index is 435. The Kier molecular flexibility index (Phi) is 2.74. The first-order chi connectivity index (χ1) is 7.65. The van der Waals surface area contributed by atoms with Crippen LogP contribution in [0.1, 0.15) is 27.1 Å². The zero-order valence-corrected chi connectivity index (χ0v) is 9.37. The Hall–Kier alpha value is -1.69. The molecule has 0 fully saturated rings. The summed E-state index contributed by atoms with van der Waals surface area (Å²) in [7, 11) is 1.27. The first kappa shape index (κ1) is 10.8. The maximum atomic E-state index is 11.7. The number of hydrogen-bond donors (Lipinski definition) is 0. The lowest BCUT2D eigenvalue weighted by Crippen LogP contribution is -2.32. The molecule has 1 aliphatic rings. The second kappa shape index (κ2) is 4.05. The lowest BCUT2D eigenvalue weighted by atomic mass is 10.2. The van der Waals surface area contributed by atoms with Crippen LogP contribution >= 0.6 is 11.3 Å². The van der Waals surface area contributed by atoms with Crippen molar-refractivity contribution in [1.29, 1.82) is 0 Å². The standard InChI is InChI=1S/C10H9NO4S/c1-15-8(12)2-3-11-9(13)6-4-16-5-7(6)10(11)14/h4-5H,2-3H2,1H3. The van der Waals surface area contributed by atoms with E-state index in [4.69, 9.17) is 0 Å². The summed E-state index contributed by atoms with van der Waals surface area (Å²) < 4.78 is 4.45. The number of hydrogen-bond acceptors (Lipinski definition) is 5. The third-order valence-electron chi connectivity index (χ3n) is 2.38. The number of rotatable bonds is 3. The summed E-state index contributed by atoms with van der Waals surface area (Å²) in [5.41, 5.74) is 0.861. The van der Waals surface area contributed by atoms with Gasteiger partial charge in [-0.2, -0.15) is 11.3 Å². The van der Waals surface area contributed by atoms with E-state index in [9.17, 15) is 14.4 Å². The van der Waals surface area contributed by atoms with Crippen LogP contribution in [0.15, 0.2) is 10.8 Å². The second-order valence-corrected chi connectivity index (χ2v) is 4.03. The van der Waals surface area contributed by atoms with E-state index in [-0.39, 0.29) is 24.8 Å². The maximum Gasteiger partial charge on any atom is 0.307 e. The van der Waals surface area contributed by atoms with E-state index in [0.717, 1.165) is 4.90 Å². The number of amides is 2. The molecular weight excluding hydrogens is 230 g/mol. The summed E-state index contributed by atoms with van der Waals surface area (Å²) in [6.45, 7) is 0.0731. The average Bonchev–Trinajstić information content (AvgIpc) is 2.83. The fourth-order valence-electron chi connectivity index (χ4n) is 1.52. The molecule has 0 aliphatic carbocycles. The van der Waals surface area contributed by atoms with Crippen molar-refractivity contribution in [2.75, 3.05) is 13.7 Å². The van der Waals surface area contributed by atoms with Crippen LogP contribution in [0.25, 0.3) is 0 Å². The summed E-state index contributed by atoms with van der Waals surface area (Å²) in [5, 5.41) is 3.29. The predicted molar refractivity (Wildman–Crippen MR) is 56.3 cm³/mol. The third kappa shape index (κ3) is 1.61. The molecule has 5 nitrogen and oxygen atoms in total. The Labute approximate surface area is 95.6 Å². The quantitative estimate of drug-likeness (QED) is 0.581. The van der Waals surface area contributed by atoms with Crippen LogP contribution in [0.5, 0.6) is 0 Å². The number of imide groups is 1. The number of carbonyl (C=O) groups excluding carboxylic acids is 3. The van der Waals surface area contributed by atoms with E-state index in [1.54, 1.807) is 10.8 Å². The van der Waals surface area contributed by atoms with Crippen molar-refractivity contribution in [3.05, 3.63) is 21.9 Å². The highest BCUT2D eigenvalue weighted by Crippen LogP contribution is 2.26. The van der Waals surface area contributed by atoms with Gasteiger partial charge in [-0.25, -0.2) is 0 Å². The number of ether oxygens (including phenoxy) is 1. The van der Waals surface area contributed by atoms with Crippen LogP contribution in [0.4, 0.5) is 0 Å². The molecule has 84 valence electrons. The number of methoxy groups -OCH3 is 1. The van der Waals surface area contributed by atoms with Gasteiger partial charge in [-0.1, -0.05) is 0 Å². The first-order valence-electron chi connectivity index (χ1n) is 4.64. The molecule has 1 aromatic heterocycles. The highest BCUT2D eigenvalue weighted by Gasteiger charge is 2.36. The molecular formula is C10H9NO4S. The van der Waals surface area contributed by atoms with Gasteiger partial charge >= 0.3 is 5.97 Å². The van der Waals surface area contributed by atoms with Gasteiger partial charge in [-0.05, 0) is 0 Å². The Balaban J connectivity index is 2.09. The molecule has 0 saturated carbocycles. The summed E-state index contributed by atoms with van der Waals surface area (Å²) in [5.74, 6) is -1.09. The van der Waals surface area contributed by atoms with Gasteiger partial charge < -0.3 is 4.74 Å². The highest BCUT2D eigenvalue weighted by atomic mass is 32.1. The van der Waals surface area contributed by atoms with Crippen LogP contribution in [0.2, 0.25) is 0 Å². The Morgan fingerprint density at radius 3 is 2.38 bits per heavy atom. The fourth-order valence-corrected chi connectivity index (χ4v) is 2.32. The maximum absolute atomic E-state index is 11.7. The largest absolute Gasteiger partial charge is 0.469 e. The lowest BCUT2D eigenvalue weighted by molar-refractivity contribution is -0.140. The first-order valence-corrected chi connectivity index (χ1v) is 5.58. The smallest absolute Gasteiger partial charge is 0.307 e. The van der Waals surface area contributed by atoms with Gasteiger partial charge in [0.2, 0.25) is 0 Å². The molecule has 2 amide bonds. The SMILES string of the molecule is COC(=O)CCN1C(=O)c2cscc2C1=O. The van der Waals surface area contributed by atoms with E-state index >= 15 is 0 Å². The molecule has 1 aromatic rings. The van der Waals surface area contributed by atoms with Gasteiger partial charge in [-0.3, -0.25) is 19.3 Å². The van der Waals surface area contributed by atoms with Gasteiger partial charge in [0.1, 0.15) is 0 Å². The summed E-state index contributed by atoms with van der Waals surface area (Å²) in [6.07, 6.45) is 0.0294. The third-order valence-corrected chi connectivity index (χ3v) is 3.12. The molecule has 0 N–H and O–H groups in total. The van der Waals surface area contributed by atoms with Crippen LogP contribution in [-0.4, -0.2) is 36.3 Å². The minimum absolute atomic E-state index is 0.0294. The molecule has 6 heteroatoms. The zero-order valence-electron chi connectivity index (χ0n) is 8.56. The van der Waals surface area contributed by atoms with Gasteiger partial charge in [0.15, 0.2) is 0 Å². The minimum atomic E-state index is -0.435. The molecule has 0 saturated heterocycles. The van der Waals surface area contributed by atoms with E-state index in [2.05, 4.69) is 4.74 Å². The van der Waals surface area contributed by atoms with Crippen LogP contribution in [-0.2, 0) is 9.53 Å². The predicted octanol–water partition coefficient (Wildman–Crippen LogP) is 0.907. The molecule has 0 radical (unpaired) electrons. The van der Waals surface area contributed by atoms with Crippen LogP contribution in [0.3, 0.4) is 0 Å². The summed E-state index contributed by atoms with van der Waals surface area (Å²) in [4.78, 5) is 35.5. The number of thiophene rings is 1.